The Kier molecular flexibility index (Phi) is 5.55. The van der Waals surface area contributed by atoms with E-state index in [2.05, 4.69) is 4.72 Å². The lowest BCUT2D eigenvalue weighted by atomic mass is 10.2. The Balaban J connectivity index is 0.00000196. The fourth-order valence-electron chi connectivity index (χ4n) is 1.08. The van der Waals surface area contributed by atoms with E-state index in [1.54, 1.807) is 6.07 Å². The molecule has 0 heterocycles. The maximum atomic E-state index is 11.5. The molecule has 7 heteroatoms. The van der Waals surface area contributed by atoms with Crippen LogP contribution < -0.4 is 10.5 Å². The molecule has 1 aromatic carbocycles. The Morgan fingerprint density at radius 3 is 2.53 bits per heavy atom. The molecule has 0 amide bonds. The molecular weight excluding hydrogens is 259 g/mol. The van der Waals surface area contributed by atoms with E-state index in [-0.39, 0.29) is 23.8 Å². The SMILES string of the molecule is CNS(=O)(=O)c1ccc(Cl)cc1CN.Cl. The van der Waals surface area contributed by atoms with Crippen LogP contribution in [0.25, 0.3) is 0 Å². The van der Waals surface area contributed by atoms with Gasteiger partial charge < -0.3 is 5.73 Å². The van der Waals surface area contributed by atoms with Gasteiger partial charge in [-0.25, -0.2) is 13.1 Å². The van der Waals surface area contributed by atoms with Gasteiger partial charge in [-0.3, -0.25) is 0 Å². The molecule has 15 heavy (non-hydrogen) atoms. The molecule has 0 bridgehead atoms. The molecule has 0 fully saturated rings. The van der Waals surface area contributed by atoms with E-state index in [0.717, 1.165) is 0 Å². The Morgan fingerprint density at radius 1 is 1.47 bits per heavy atom. The van der Waals surface area contributed by atoms with E-state index in [1.165, 1.54) is 19.2 Å². The first-order valence-corrected chi connectivity index (χ1v) is 5.79. The van der Waals surface area contributed by atoms with Crippen LogP contribution in [0.4, 0.5) is 0 Å². The van der Waals surface area contributed by atoms with Gasteiger partial charge in [-0.05, 0) is 30.8 Å². The molecule has 1 aromatic rings. The number of hydrogen-bond acceptors (Lipinski definition) is 3. The average molecular weight is 271 g/mol. The van der Waals surface area contributed by atoms with Crippen LogP contribution >= 0.6 is 24.0 Å². The van der Waals surface area contributed by atoms with Crippen molar-refractivity contribution in [1.29, 1.82) is 0 Å². The van der Waals surface area contributed by atoms with Gasteiger partial charge in [0.15, 0.2) is 0 Å². The zero-order valence-corrected chi connectivity index (χ0v) is 10.4. The summed E-state index contributed by atoms with van der Waals surface area (Å²) in [5, 5.41) is 0.473. The third kappa shape index (κ3) is 3.32. The third-order valence-corrected chi connectivity index (χ3v) is 3.55. The summed E-state index contributed by atoms with van der Waals surface area (Å²) in [7, 11) is -2.09. The topological polar surface area (TPSA) is 72.2 Å². The van der Waals surface area contributed by atoms with Crippen LogP contribution in [0.15, 0.2) is 23.1 Å². The van der Waals surface area contributed by atoms with Gasteiger partial charge in [-0.2, -0.15) is 0 Å². The first-order valence-electron chi connectivity index (χ1n) is 3.93. The van der Waals surface area contributed by atoms with Crippen molar-refractivity contribution in [3.05, 3.63) is 28.8 Å². The molecule has 0 saturated carbocycles. The molecule has 86 valence electrons. The lowest BCUT2D eigenvalue weighted by molar-refractivity contribution is 0.587. The van der Waals surface area contributed by atoms with Crippen molar-refractivity contribution in [2.45, 2.75) is 11.4 Å². The minimum Gasteiger partial charge on any atom is -0.326 e. The van der Waals surface area contributed by atoms with Crippen molar-refractivity contribution >= 4 is 34.0 Å². The number of sulfonamides is 1. The van der Waals surface area contributed by atoms with Crippen LogP contribution in [-0.2, 0) is 16.6 Å². The van der Waals surface area contributed by atoms with Crippen molar-refractivity contribution in [3.63, 3.8) is 0 Å². The van der Waals surface area contributed by atoms with E-state index in [4.69, 9.17) is 17.3 Å². The van der Waals surface area contributed by atoms with Crippen molar-refractivity contribution in [3.8, 4) is 0 Å². The second kappa shape index (κ2) is 5.67. The molecule has 0 saturated heterocycles. The highest BCUT2D eigenvalue weighted by Gasteiger charge is 2.15. The Hall–Kier alpha value is -0.330. The Morgan fingerprint density at radius 2 is 2.07 bits per heavy atom. The molecule has 4 nitrogen and oxygen atoms in total. The molecule has 0 unspecified atom stereocenters. The normalized spacial score (nSPS) is 10.9. The number of nitrogens with two attached hydrogens (primary N) is 1. The van der Waals surface area contributed by atoms with Gasteiger partial charge >= 0.3 is 0 Å². The van der Waals surface area contributed by atoms with E-state index < -0.39 is 10.0 Å². The first kappa shape index (κ1) is 14.7. The standard InChI is InChI=1S/C8H11ClN2O2S.ClH/c1-11-14(12,13)8-3-2-7(9)4-6(8)5-10;/h2-4,11H,5,10H2,1H3;1H. The van der Waals surface area contributed by atoms with Crippen molar-refractivity contribution in [1.82, 2.24) is 4.72 Å². The van der Waals surface area contributed by atoms with Crippen LogP contribution in [0.3, 0.4) is 0 Å². The minimum atomic E-state index is -3.45. The summed E-state index contributed by atoms with van der Waals surface area (Å²) >= 11 is 5.72. The largest absolute Gasteiger partial charge is 0.326 e. The van der Waals surface area contributed by atoms with Crippen LogP contribution in [0.2, 0.25) is 5.02 Å². The summed E-state index contributed by atoms with van der Waals surface area (Å²) in [6.07, 6.45) is 0. The van der Waals surface area contributed by atoms with Gasteiger partial charge in [-0.1, -0.05) is 11.6 Å². The van der Waals surface area contributed by atoms with Crippen LogP contribution in [0, 0.1) is 0 Å². The smallest absolute Gasteiger partial charge is 0.240 e. The maximum absolute atomic E-state index is 11.5. The summed E-state index contributed by atoms with van der Waals surface area (Å²) in [4.78, 5) is 0.173. The van der Waals surface area contributed by atoms with Gasteiger partial charge in [0.2, 0.25) is 10.0 Å². The van der Waals surface area contributed by atoms with Gasteiger partial charge in [0.25, 0.3) is 0 Å². The quantitative estimate of drug-likeness (QED) is 0.865. The lowest BCUT2D eigenvalue weighted by Gasteiger charge is -2.07. The first-order chi connectivity index (χ1) is 6.51. The second-order valence-electron chi connectivity index (χ2n) is 2.66. The summed E-state index contributed by atoms with van der Waals surface area (Å²) in [6, 6.07) is 4.51. The van der Waals surface area contributed by atoms with E-state index in [0.29, 0.717) is 10.6 Å². The maximum Gasteiger partial charge on any atom is 0.240 e. The van der Waals surface area contributed by atoms with E-state index in [9.17, 15) is 8.42 Å². The number of nitrogens with one attached hydrogen (secondary N) is 1. The molecule has 0 atom stereocenters. The van der Waals surface area contributed by atoms with Gasteiger partial charge in [0.1, 0.15) is 0 Å². The molecule has 3 N–H and O–H groups in total. The number of halogens is 2. The Bertz CT molecular complexity index is 434. The Labute approximate surface area is 100 Å². The number of benzene rings is 1. The molecule has 0 aromatic heterocycles. The van der Waals surface area contributed by atoms with Crippen molar-refractivity contribution in [2.75, 3.05) is 7.05 Å². The van der Waals surface area contributed by atoms with Gasteiger partial charge in [0, 0.05) is 11.6 Å². The lowest BCUT2D eigenvalue weighted by Crippen LogP contribution is -2.20. The minimum absolute atomic E-state index is 0. The fourth-order valence-corrected chi connectivity index (χ4v) is 2.23. The monoisotopic (exact) mass is 270 g/mol. The van der Waals surface area contributed by atoms with Crippen molar-refractivity contribution in [2.24, 2.45) is 5.73 Å². The highest BCUT2D eigenvalue weighted by Crippen LogP contribution is 2.19. The second-order valence-corrected chi connectivity index (χ2v) is 4.96. The molecule has 0 radical (unpaired) electrons. The van der Waals surface area contributed by atoms with Crippen LogP contribution in [0.1, 0.15) is 5.56 Å². The fraction of sp³-hybridized carbons (Fsp3) is 0.250. The van der Waals surface area contributed by atoms with Crippen LogP contribution in [0.5, 0.6) is 0 Å². The highest BCUT2D eigenvalue weighted by molar-refractivity contribution is 7.89. The summed E-state index contributed by atoms with van der Waals surface area (Å²) in [6.45, 7) is 0.136. The van der Waals surface area contributed by atoms with E-state index in [1.807, 2.05) is 0 Å². The van der Waals surface area contributed by atoms with Crippen LogP contribution in [-0.4, -0.2) is 15.5 Å². The summed E-state index contributed by atoms with van der Waals surface area (Å²) < 4.78 is 25.2. The number of rotatable bonds is 3. The predicted molar refractivity (Wildman–Crippen MR) is 62.8 cm³/mol. The molecular formula is C8H12Cl2N2O2S. The third-order valence-electron chi connectivity index (χ3n) is 1.80. The molecule has 1 rings (SSSR count). The average Bonchev–Trinajstić information content (AvgIpc) is 2.17. The number of hydrogen-bond donors (Lipinski definition) is 2. The molecule has 0 spiro atoms. The molecule has 0 aliphatic rings. The zero-order valence-electron chi connectivity index (χ0n) is 8.03. The van der Waals surface area contributed by atoms with Crippen molar-refractivity contribution < 1.29 is 8.42 Å². The highest BCUT2D eigenvalue weighted by atomic mass is 35.5. The zero-order chi connectivity index (χ0) is 10.8. The summed E-state index contributed by atoms with van der Waals surface area (Å²) in [5.41, 5.74) is 5.93. The molecule has 0 aliphatic heterocycles. The van der Waals surface area contributed by atoms with Gasteiger partial charge in [0.05, 0.1) is 4.90 Å². The molecule has 0 aliphatic carbocycles. The van der Waals surface area contributed by atoms with E-state index >= 15 is 0 Å². The summed E-state index contributed by atoms with van der Waals surface area (Å²) in [5.74, 6) is 0. The van der Waals surface area contributed by atoms with Gasteiger partial charge in [-0.15, -0.1) is 12.4 Å². The predicted octanol–water partition coefficient (Wildman–Crippen LogP) is 1.13.